The predicted molar refractivity (Wildman–Crippen MR) is 81.9 cm³/mol. The lowest BCUT2D eigenvalue weighted by Crippen LogP contribution is -2.39. The molecular weight excluding hydrogens is 340 g/mol. The molecule has 2 rings (SSSR count). The largest absolute Gasteiger partial charge is 0.489 e. The molecule has 0 aliphatic carbocycles. The zero-order chi connectivity index (χ0) is 18.6. The number of hydrogen-bond acceptors (Lipinski definition) is 7. The van der Waals surface area contributed by atoms with Gasteiger partial charge in [0.25, 0.3) is 0 Å². The summed E-state index contributed by atoms with van der Waals surface area (Å²) < 4.78 is 47.7. The van der Waals surface area contributed by atoms with E-state index >= 15 is 0 Å². The van der Waals surface area contributed by atoms with E-state index in [1.54, 1.807) is 6.92 Å². The van der Waals surface area contributed by atoms with Gasteiger partial charge in [0.2, 0.25) is 0 Å². The molecule has 1 heterocycles. The second kappa shape index (κ2) is 7.93. The predicted octanol–water partition coefficient (Wildman–Crippen LogP) is 1.76. The number of anilines is 1. The highest BCUT2D eigenvalue weighted by Gasteiger charge is 2.34. The van der Waals surface area contributed by atoms with Crippen LogP contribution < -0.4 is 9.64 Å². The Balaban J connectivity index is 2.67. The van der Waals surface area contributed by atoms with E-state index in [-0.39, 0.29) is 42.7 Å². The van der Waals surface area contributed by atoms with E-state index in [4.69, 9.17) is 14.2 Å². The smallest absolute Gasteiger partial charge is 0.355 e. The van der Waals surface area contributed by atoms with Gasteiger partial charge in [-0.05, 0) is 6.92 Å². The quantitative estimate of drug-likeness (QED) is 0.744. The number of rotatable bonds is 5. The van der Waals surface area contributed by atoms with Crippen molar-refractivity contribution in [3.8, 4) is 5.75 Å². The molecule has 0 spiro atoms. The molecule has 0 atom stereocenters. The number of benzene rings is 1. The Morgan fingerprint density at radius 3 is 2.48 bits per heavy atom. The number of halogens is 2. The van der Waals surface area contributed by atoms with Gasteiger partial charge in [-0.3, -0.25) is 0 Å². The van der Waals surface area contributed by atoms with Gasteiger partial charge in [-0.1, -0.05) is 0 Å². The second-order valence-electron chi connectivity index (χ2n) is 4.88. The Morgan fingerprint density at radius 1 is 1.20 bits per heavy atom. The number of hydrogen-bond donors (Lipinski definition) is 0. The third-order valence-corrected chi connectivity index (χ3v) is 3.40. The van der Waals surface area contributed by atoms with E-state index in [1.165, 1.54) is 0 Å². The molecule has 1 aliphatic rings. The normalized spacial score (nSPS) is 14.4. The summed E-state index contributed by atoms with van der Waals surface area (Å²) in [6.07, 6.45) is 0. The molecular formula is C16H17F2NO6. The Morgan fingerprint density at radius 2 is 1.88 bits per heavy atom. The minimum Gasteiger partial charge on any atom is -0.489 e. The average molecular weight is 357 g/mol. The van der Waals surface area contributed by atoms with E-state index in [9.17, 15) is 18.4 Å². The fourth-order valence-electron chi connectivity index (χ4n) is 2.37. The maximum Gasteiger partial charge on any atom is 0.355 e. The summed E-state index contributed by atoms with van der Waals surface area (Å²) in [5.41, 5.74) is -0.472. The first-order valence-electron chi connectivity index (χ1n) is 7.31. The Bertz CT molecular complexity index is 719. The summed E-state index contributed by atoms with van der Waals surface area (Å²) in [4.78, 5) is 25.3. The van der Waals surface area contributed by atoms with Gasteiger partial charge in [0.05, 0.1) is 38.7 Å². The molecule has 1 aliphatic heterocycles. The Kier molecular flexibility index (Phi) is 5.92. The van der Waals surface area contributed by atoms with Gasteiger partial charge in [0.1, 0.15) is 18.2 Å². The lowest BCUT2D eigenvalue weighted by atomic mass is 10.1. The van der Waals surface area contributed by atoms with Crippen LogP contribution in [0.1, 0.15) is 6.92 Å². The van der Waals surface area contributed by atoms with Crippen LogP contribution in [0, 0.1) is 11.6 Å². The van der Waals surface area contributed by atoms with E-state index < -0.39 is 23.6 Å². The van der Waals surface area contributed by atoms with Crippen LogP contribution in [0.15, 0.2) is 23.4 Å². The molecule has 25 heavy (non-hydrogen) atoms. The maximum atomic E-state index is 14.1. The van der Waals surface area contributed by atoms with Gasteiger partial charge in [-0.15, -0.1) is 0 Å². The van der Waals surface area contributed by atoms with Crippen LogP contribution >= 0.6 is 0 Å². The number of ether oxygens (including phenoxy) is 4. The summed E-state index contributed by atoms with van der Waals surface area (Å²) in [7, 11) is 2.25. The molecule has 0 fully saturated rings. The molecule has 0 amide bonds. The molecule has 0 aromatic heterocycles. The number of carbonyl (C=O) groups excluding carboxylic acids is 2. The third kappa shape index (κ3) is 3.71. The van der Waals surface area contributed by atoms with Gasteiger partial charge >= 0.3 is 11.9 Å². The van der Waals surface area contributed by atoms with Crippen molar-refractivity contribution in [1.29, 1.82) is 0 Å². The van der Waals surface area contributed by atoms with Crippen molar-refractivity contribution in [2.75, 3.05) is 39.1 Å². The van der Waals surface area contributed by atoms with Crippen LogP contribution in [0.25, 0.3) is 0 Å². The van der Waals surface area contributed by atoms with Crippen LogP contribution in [0.3, 0.4) is 0 Å². The van der Waals surface area contributed by atoms with E-state index in [2.05, 4.69) is 4.74 Å². The molecule has 0 saturated carbocycles. The third-order valence-electron chi connectivity index (χ3n) is 3.40. The summed E-state index contributed by atoms with van der Waals surface area (Å²) in [6.45, 7) is 1.27. The molecule has 7 nitrogen and oxygen atoms in total. The van der Waals surface area contributed by atoms with Crippen molar-refractivity contribution in [2.45, 2.75) is 6.92 Å². The van der Waals surface area contributed by atoms with Gasteiger partial charge in [0, 0.05) is 12.1 Å². The number of methoxy groups -OCH3 is 2. The van der Waals surface area contributed by atoms with Gasteiger partial charge < -0.3 is 23.8 Å². The molecule has 9 heteroatoms. The average Bonchev–Trinajstić information content (AvgIpc) is 2.61. The minimum atomic E-state index is -0.953. The van der Waals surface area contributed by atoms with Crippen molar-refractivity contribution < 1.29 is 37.3 Å². The molecule has 0 N–H and O–H groups in total. The molecule has 136 valence electrons. The molecule has 0 radical (unpaired) electrons. The van der Waals surface area contributed by atoms with Gasteiger partial charge in [-0.25, -0.2) is 18.4 Å². The zero-order valence-corrected chi connectivity index (χ0v) is 13.9. The van der Waals surface area contributed by atoms with Crippen molar-refractivity contribution in [2.24, 2.45) is 0 Å². The van der Waals surface area contributed by atoms with Crippen LogP contribution in [-0.2, 0) is 23.8 Å². The minimum absolute atomic E-state index is 0.103. The summed E-state index contributed by atoms with van der Waals surface area (Å²) >= 11 is 0. The maximum absolute atomic E-state index is 14.1. The number of nitrogens with zero attached hydrogens (tertiary/aromatic N) is 1. The van der Waals surface area contributed by atoms with E-state index in [0.29, 0.717) is 6.07 Å². The van der Waals surface area contributed by atoms with Gasteiger partial charge in [0.15, 0.2) is 11.6 Å². The Hall–Kier alpha value is -2.68. The standard InChI is InChI=1S/C16H17F2NO6/c1-4-25-14-11(18)5-9(17)6-12(14)19-8-24-7-10(15(20)22-2)13(19)16(21)23-3/h5-6H,4,7-8H2,1-3H3. The number of carbonyl (C=O) groups is 2. The van der Waals surface area contributed by atoms with Crippen molar-refractivity contribution in [3.63, 3.8) is 0 Å². The fraction of sp³-hybridized carbons (Fsp3) is 0.375. The highest BCUT2D eigenvalue weighted by Crippen LogP contribution is 2.37. The molecule has 0 bridgehead atoms. The first-order valence-corrected chi connectivity index (χ1v) is 7.31. The lowest BCUT2D eigenvalue weighted by molar-refractivity contribution is -0.140. The van der Waals surface area contributed by atoms with E-state index in [0.717, 1.165) is 25.2 Å². The molecule has 0 saturated heterocycles. The SMILES string of the molecule is CCOc1c(F)cc(F)cc1N1COCC(C(=O)OC)=C1C(=O)OC. The van der Waals surface area contributed by atoms with Crippen molar-refractivity contribution in [1.82, 2.24) is 0 Å². The molecule has 0 unspecified atom stereocenters. The zero-order valence-electron chi connectivity index (χ0n) is 13.9. The fourth-order valence-corrected chi connectivity index (χ4v) is 2.37. The highest BCUT2D eigenvalue weighted by atomic mass is 19.1. The summed E-state index contributed by atoms with van der Waals surface area (Å²) in [5.74, 6) is -3.81. The van der Waals surface area contributed by atoms with Crippen LogP contribution in [0.4, 0.5) is 14.5 Å². The highest BCUT2D eigenvalue weighted by molar-refractivity contribution is 6.03. The van der Waals surface area contributed by atoms with Gasteiger partial charge in [-0.2, -0.15) is 0 Å². The molecule has 1 aromatic carbocycles. The monoisotopic (exact) mass is 357 g/mol. The Labute approximate surface area is 142 Å². The summed E-state index contributed by atoms with van der Waals surface area (Å²) in [6, 6.07) is 1.63. The van der Waals surface area contributed by atoms with Crippen LogP contribution in [-0.4, -0.2) is 46.1 Å². The first-order chi connectivity index (χ1) is 11.9. The van der Waals surface area contributed by atoms with Crippen molar-refractivity contribution in [3.05, 3.63) is 35.0 Å². The first kappa shape index (κ1) is 18.7. The van der Waals surface area contributed by atoms with Crippen LogP contribution in [0.5, 0.6) is 5.75 Å². The lowest BCUT2D eigenvalue weighted by Gasteiger charge is -2.32. The van der Waals surface area contributed by atoms with E-state index in [1.807, 2.05) is 0 Å². The number of esters is 2. The van der Waals surface area contributed by atoms with Crippen molar-refractivity contribution >= 4 is 17.6 Å². The topological polar surface area (TPSA) is 74.3 Å². The second-order valence-corrected chi connectivity index (χ2v) is 4.88. The van der Waals surface area contributed by atoms with Crippen LogP contribution in [0.2, 0.25) is 0 Å². The summed E-state index contributed by atoms with van der Waals surface area (Å²) in [5, 5.41) is 0. The molecule has 1 aromatic rings.